The molecule has 1 aliphatic rings. The summed E-state index contributed by atoms with van der Waals surface area (Å²) in [5.41, 5.74) is 1.68. The van der Waals surface area contributed by atoms with E-state index in [9.17, 15) is 8.42 Å². The predicted octanol–water partition coefficient (Wildman–Crippen LogP) is 3.38. The van der Waals surface area contributed by atoms with E-state index in [0.29, 0.717) is 41.3 Å². The van der Waals surface area contributed by atoms with Crippen molar-refractivity contribution in [3.05, 3.63) is 60.4 Å². The zero-order valence-electron chi connectivity index (χ0n) is 13.8. The fourth-order valence-corrected chi connectivity index (χ4v) is 5.02. The maximum atomic E-state index is 13.3. The lowest BCUT2D eigenvalue weighted by atomic mass is 10.1. The molecule has 0 N–H and O–H groups in total. The first-order valence-corrected chi connectivity index (χ1v) is 9.67. The van der Waals surface area contributed by atoms with Gasteiger partial charge in [0.05, 0.1) is 17.2 Å². The number of sulfonamides is 1. The second-order valence-electron chi connectivity index (χ2n) is 5.87. The van der Waals surface area contributed by atoms with Crippen LogP contribution in [0.3, 0.4) is 0 Å². The molecular formula is C19H18N2O3S. The van der Waals surface area contributed by atoms with E-state index in [1.165, 1.54) is 4.31 Å². The number of ether oxygens (including phenoxy) is 1. The van der Waals surface area contributed by atoms with E-state index in [4.69, 9.17) is 4.74 Å². The third-order valence-electron chi connectivity index (χ3n) is 4.44. The maximum Gasteiger partial charge on any atom is 0.264 e. The second-order valence-corrected chi connectivity index (χ2v) is 7.70. The van der Waals surface area contributed by atoms with Gasteiger partial charge in [0, 0.05) is 29.7 Å². The number of pyridine rings is 1. The van der Waals surface area contributed by atoms with Gasteiger partial charge in [0.25, 0.3) is 10.0 Å². The Kier molecular flexibility index (Phi) is 3.84. The van der Waals surface area contributed by atoms with Crippen LogP contribution in [-0.2, 0) is 16.4 Å². The highest BCUT2D eigenvalue weighted by Crippen LogP contribution is 2.36. The Balaban J connectivity index is 1.89. The van der Waals surface area contributed by atoms with Crippen LogP contribution in [0.2, 0.25) is 0 Å². The third kappa shape index (κ3) is 2.53. The van der Waals surface area contributed by atoms with Crippen LogP contribution >= 0.6 is 0 Å². The topological polar surface area (TPSA) is 59.5 Å². The Morgan fingerprint density at radius 3 is 2.72 bits per heavy atom. The van der Waals surface area contributed by atoms with Gasteiger partial charge in [-0.05, 0) is 37.1 Å². The molecule has 0 unspecified atom stereocenters. The van der Waals surface area contributed by atoms with E-state index < -0.39 is 10.0 Å². The van der Waals surface area contributed by atoms with Crippen molar-refractivity contribution >= 4 is 26.5 Å². The van der Waals surface area contributed by atoms with Gasteiger partial charge < -0.3 is 4.74 Å². The number of nitrogens with zero attached hydrogens (tertiary/aromatic N) is 2. The van der Waals surface area contributed by atoms with Crippen LogP contribution in [0.1, 0.15) is 12.5 Å². The van der Waals surface area contributed by atoms with Gasteiger partial charge >= 0.3 is 0 Å². The molecule has 3 aromatic rings. The van der Waals surface area contributed by atoms with Crippen molar-refractivity contribution in [2.45, 2.75) is 18.2 Å². The van der Waals surface area contributed by atoms with Gasteiger partial charge in [-0.25, -0.2) is 8.42 Å². The Labute approximate surface area is 146 Å². The van der Waals surface area contributed by atoms with Gasteiger partial charge in [0.2, 0.25) is 0 Å². The molecule has 0 atom stereocenters. The monoisotopic (exact) mass is 354 g/mol. The van der Waals surface area contributed by atoms with Crippen LogP contribution in [0.4, 0.5) is 5.69 Å². The van der Waals surface area contributed by atoms with Gasteiger partial charge in [-0.15, -0.1) is 0 Å². The highest BCUT2D eigenvalue weighted by Gasteiger charge is 2.32. The lowest BCUT2D eigenvalue weighted by molar-refractivity contribution is 0.344. The molecule has 0 radical (unpaired) electrons. The number of hydrogen-bond acceptors (Lipinski definition) is 4. The van der Waals surface area contributed by atoms with Crippen molar-refractivity contribution in [2.75, 3.05) is 17.5 Å². The Hall–Kier alpha value is -2.60. The summed E-state index contributed by atoms with van der Waals surface area (Å²) in [6.45, 7) is 2.88. The van der Waals surface area contributed by atoms with Gasteiger partial charge in [0.15, 0.2) is 0 Å². The van der Waals surface area contributed by atoms with Crippen LogP contribution in [0.25, 0.3) is 10.8 Å². The van der Waals surface area contributed by atoms with Crippen LogP contribution in [-0.4, -0.2) is 26.6 Å². The minimum Gasteiger partial charge on any atom is -0.493 e. The third-order valence-corrected chi connectivity index (χ3v) is 6.31. The molecule has 2 heterocycles. The summed E-state index contributed by atoms with van der Waals surface area (Å²) in [5, 5.41) is 1.48. The molecular weight excluding hydrogens is 336 g/mol. The molecule has 0 aliphatic carbocycles. The second kappa shape index (κ2) is 6.04. The first-order valence-electron chi connectivity index (χ1n) is 8.23. The van der Waals surface area contributed by atoms with Gasteiger partial charge in [0.1, 0.15) is 5.75 Å². The van der Waals surface area contributed by atoms with Crippen molar-refractivity contribution < 1.29 is 13.2 Å². The molecule has 1 aliphatic heterocycles. The van der Waals surface area contributed by atoms with Crippen molar-refractivity contribution in [3.8, 4) is 5.75 Å². The summed E-state index contributed by atoms with van der Waals surface area (Å²) in [6.07, 6.45) is 4.04. The smallest absolute Gasteiger partial charge is 0.264 e. The fourth-order valence-electron chi connectivity index (χ4n) is 3.32. The summed E-state index contributed by atoms with van der Waals surface area (Å²) in [4.78, 5) is 4.39. The SMILES string of the molecule is CCOc1ccc(S(=O)(=O)N2CCc3cnccc32)c2ccccc12. The maximum absolute atomic E-state index is 13.3. The fraction of sp³-hybridized carbons (Fsp3) is 0.211. The standard InChI is InChI=1S/C19H18N2O3S/c1-2-24-18-7-8-19(16-6-4-3-5-15(16)18)25(22,23)21-12-10-14-13-20-11-9-17(14)21/h3-9,11,13H,2,10,12H2,1H3. The number of hydrogen-bond donors (Lipinski definition) is 0. The normalized spacial score (nSPS) is 13.9. The van der Waals surface area contributed by atoms with Crippen LogP contribution in [0.5, 0.6) is 5.75 Å². The molecule has 2 aromatic carbocycles. The largest absolute Gasteiger partial charge is 0.493 e. The molecule has 0 bridgehead atoms. The van der Waals surface area contributed by atoms with E-state index in [-0.39, 0.29) is 0 Å². The molecule has 128 valence electrons. The highest BCUT2D eigenvalue weighted by atomic mass is 32.2. The van der Waals surface area contributed by atoms with Crippen molar-refractivity contribution in [2.24, 2.45) is 0 Å². The molecule has 6 heteroatoms. The number of fused-ring (bicyclic) bond motifs is 2. The van der Waals surface area contributed by atoms with Crippen LogP contribution in [0.15, 0.2) is 59.8 Å². The quantitative estimate of drug-likeness (QED) is 0.721. The van der Waals surface area contributed by atoms with E-state index in [2.05, 4.69) is 4.98 Å². The summed E-state index contributed by atoms with van der Waals surface area (Å²) >= 11 is 0. The Morgan fingerprint density at radius 2 is 1.92 bits per heavy atom. The van der Waals surface area contributed by atoms with Gasteiger partial charge in [-0.1, -0.05) is 24.3 Å². The van der Waals surface area contributed by atoms with Crippen molar-refractivity contribution in [1.29, 1.82) is 0 Å². The number of rotatable bonds is 4. The zero-order valence-corrected chi connectivity index (χ0v) is 14.7. The molecule has 1 aromatic heterocycles. The Bertz CT molecular complexity index is 1050. The molecule has 0 amide bonds. The first kappa shape index (κ1) is 15.9. The number of anilines is 1. The van der Waals surface area contributed by atoms with E-state index in [1.807, 2.05) is 31.2 Å². The first-order chi connectivity index (χ1) is 12.1. The summed E-state index contributed by atoms with van der Waals surface area (Å²) < 4.78 is 33.8. The molecule has 5 nitrogen and oxygen atoms in total. The van der Waals surface area contributed by atoms with Gasteiger partial charge in [-0.3, -0.25) is 9.29 Å². The summed E-state index contributed by atoms with van der Waals surface area (Å²) in [5.74, 6) is 0.697. The minimum absolute atomic E-state index is 0.302. The number of benzene rings is 2. The highest BCUT2D eigenvalue weighted by molar-refractivity contribution is 7.93. The average molecular weight is 354 g/mol. The van der Waals surface area contributed by atoms with Crippen LogP contribution < -0.4 is 9.04 Å². The molecule has 0 spiro atoms. The van der Waals surface area contributed by atoms with Crippen LogP contribution in [0, 0.1) is 0 Å². The zero-order chi connectivity index (χ0) is 17.4. The minimum atomic E-state index is -3.66. The van der Waals surface area contributed by atoms with Gasteiger partial charge in [-0.2, -0.15) is 0 Å². The van der Waals surface area contributed by atoms with Crippen molar-refractivity contribution in [3.63, 3.8) is 0 Å². The number of aromatic nitrogens is 1. The lowest BCUT2D eigenvalue weighted by Crippen LogP contribution is -2.29. The lowest BCUT2D eigenvalue weighted by Gasteiger charge is -2.21. The summed E-state index contributed by atoms with van der Waals surface area (Å²) in [7, 11) is -3.66. The molecule has 25 heavy (non-hydrogen) atoms. The molecule has 0 saturated carbocycles. The Morgan fingerprint density at radius 1 is 1.12 bits per heavy atom. The van der Waals surface area contributed by atoms with E-state index in [1.54, 1.807) is 30.6 Å². The average Bonchev–Trinajstić information content (AvgIpc) is 3.07. The molecule has 0 fully saturated rings. The van der Waals surface area contributed by atoms with E-state index in [0.717, 1.165) is 10.9 Å². The molecule has 4 rings (SSSR count). The summed E-state index contributed by atoms with van der Waals surface area (Å²) in [6, 6.07) is 12.6. The van der Waals surface area contributed by atoms with Crippen molar-refractivity contribution in [1.82, 2.24) is 4.98 Å². The molecule has 0 saturated heterocycles. The van der Waals surface area contributed by atoms with E-state index >= 15 is 0 Å². The predicted molar refractivity (Wildman–Crippen MR) is 97.6 cm³/mol.